The van der Waals surface area contributed by atoms with Crippen molar-refractivity contribution < 1.29 is 23.9 Å². The maximum Gasteiger partial charge on any atom is 0.337 e. The number of esters is 1. The SMILES string of the molecule is COC(=O)c1cccc(N2C(=O)C3C4C=CC(O4)C3C2=O)c1. The van der Waals surface area contributed by atoms with Crippen molar-refractivity contribution in [1.82, 2.24) is 0 Å². The van der Waals surface area contributed by atoms with Gasteiger partial charge in [0.15, 0.2) is 0 Å². The Balaban J connectivity index is 1.71. The third-order valence-electron chi connectivity index (χ3n) is 4.44. The van der Waals surface area contributed by atoms with E-state index in [4.69, 9.17) is 4.74 Å². The zero-order valence-electron chi connectivity index (χ0n) is 11.8. The average molecular weight is 299 g/mol. The van der Waals surface area contributed by atoms with Gasteiger partial charge in [-0.25, -0.2) is 9.69 Å². The van der Waals surface area contributed by atoms with Gasteiger partial charge >= 0.3 is 5.97 Å². The lowest BCUT2D eigenvalue weighted by Gasteiger charge is -2.18. The van der Waals surface area contributed by atoms with E-state index in [1.165, 1.54) is 13.2 Å². The Morgan fingerprint density at radius 2 is 1.77 bits per heavy atom. The number of amides is 2. The number of hydrogen-bond acceptors (Lipinski definition) is 5. The minimum absolute atomic E-state index is 0.270. The molecule has 1 aromatic carbocycles. The molecule has 4 atom stereocenters. The molecule has 3 aliphatic rings. The highest BCUT2D eigenvalue weighted by Crippen LogP contribution is 2.46. The Bertz CT molecular complexity index is 695. The Morgan fingerprint density at radius 3 is 2.36 bits per heavy atom. The van der Waals surface area contributed by atoms with Crippen LogP contribution in [0.5, 0.6) is 0 Å². The molecule has 1 aromatic rings. The largest absolute Gasteiger partial charge is 0.465 e. The molecule has 2 fully saturated rings. The van der Waals surface area contributed by atoms with Crippen molar-refractivity contribution in [2.45, 2.75) is 12.2 Å². The second-order valence-corrected chi connectivity index (χ2v) is 5.56. The first kappa shape index (κ1) is 13.2. The fourth-order valence-electron chi connectivity index (χ4n) is 3.45. The molecule has 112 valence electrons. The number of benzene rings is 1. The summed E-state index contributed by atoms with van der Waals surface area (Å²) in [4.78, 5) is 38.0. The first-order valence-electron chi connectivity index (χ1n) is 7.02. The van der Waals surface area contributed by atoms with Gasteiger partial charge in [-0.3, -0.25) is 9.59 Å². The maximum atomic E-state index is 12.6. The zero-order valence-corrected chi connectivity index (χ0v) is 11.8. The molecule has 3 heterocycles. The van der Waals surface area contributed by atoms with Gasteiger partial charge in [-0.15, -0.1) is 0 Å². The molecule has 2 bridgehead atoms. The molecule has 6 heteroatoms. The van der Waals surface area contributed by atoms with Crippen molar-refractivity contribution in [3.63, 3.8) is 0 Å². The van der Waals surface area contributed by atoms with Gasteiger partial charge in [-0.1, -0.05) is 18.2 Å². The Labute approximate surface area is 126 Å². The lowest BCUT2D eigenvalue weighted by Crippen LogP contribution is -2.34. The Morgan fingerprint density at radius 1 is 1.14 bits per heavy atom. The van der Waals surface area contributed by atoms with Crippen LogP contribution < -0.4 is 4.90 Å². The van der Waals surface area contributed by atoms with Crippen molar-refractivity contribution in [1.29, 1.82) is 0 Å². The van der Waals surface area contributed by atoms with Crippen molar-refractivity contribution in [2.75, 3.05) is 12.0 Å². The summed E-state index contributed by atoms with van der Waals surface area (Å²) in [5, 5.41) is 0. The Kier molecular flexibility index (Phi) is 2.71. The first-order valence-corrected chi connectivity index (χ1v) is 7.02. The normalized spacial score (nSPS) is 31.8. The van der Waals surface area contributed by atoms with Crippen LogP contribution in [-0.2, 0) is 19.1 Å². The predicted octanol–water partition coefficient (Wildman–Crippen LogP) is 0.916. The van der Waals surface area contributed by atoms with Crippen molar-refractivity contribution >= 4 is 23.5 Å². The number of fused-ring (bicyclic) bond motifs is 5. The van der Waals surface area contributed by atoms with E-state index >= 15 is 0 Å². The van der Waals surface area contributed by atoms with Crippen LogP contribution in [0, 0.1) is 11.8 Å². The van der Waals surface area contributed by atoms with Crippen LogP contribution in [0.1, 0.15) is 10.4 Å². The molecular weight excluding hydrogens is 286 g/mol. The van der Waals surface area contributed by atoms with Crippen LogP contribution in [0.25, 0.3) is 0 Å². The molecule has 3 aliphatic heterocycles. The molecule has 6 nitrogen and oxygen atoms in total. The number of carbonyl (C=O) groups is 3. The van der Waals surface area contributed by atoms with E-state index in [2.05, 4.69) is 4.74 Å². The highest BCUT2D eigenvalue weighted by atomic mass is 16.5. The molecule has 4 rings (SSSR count). The summed E-state index contributed by atoms with van der Waals surface area (Å²) in [6.45, 7) is 0. The van der Waals surface area contributed by atoms with Crippen molar-refractivity contribution in [2.24, 2.45) is 11.8 Å². The minimum Gasteiger partial charge on any atom is -0.465 e. The van der Waals surface area contributed by atoms with Gasteiger partial charge in [-0.05, 0) is 18.2 Å². The second kappa shape index (κ2) is 4.51. The number of carbonyl (C=O) groups excluding carboxylic acids is 3. The number of nitrogens with zero attached hydrogens (tertiary/aromatic N) is 1. The smallest absolute Gasteiger partial charge is 0.337 e. The number of anilines is 1. The van der Waals surface area contributed by atoms with Gasteiger partial charge in [0.1, 0.15) is 0 Å². The molecule has 0 radical (unpaired) electrons. The number of rotatable bonds is 2. The number of ether oxygens (including phenoxy) is 2. The number of hydrogen-bond donors (Lipinski definition) is 0. The van der Waals surface area contributed by atoms with E-state index in [0.29, 0.717) is 11.3 Å². The monoisotopic (exact) mass is 299 g/mol. The van der Waals surface area contributed by atoms with E-state index in [1.54, 1.807) is 18.2 Å². The van der Waals surface area contributed by atoms with Crippen LogP contribution in [0.4, 0.5) is 5.69 Å². The summed E-state index contributed by atoms with van der Waals surface area (Å²) < 4.78 is 10.3. The van der Waals surface area contributed by atoms with Gasteiger partial charge in [0.05, 0.1) is 42.4 Å². The number of imide groups is 1. The average Bonchev–Trinajstić information content (AvgIpc) is 3.21. The molecular formula is C16H13NO5. The highest BCUT2D eigenvalue weighted by Gasteiger charge is 2.61. The quantitative estimate of drug-likeness (QED) is 0.461. The van der Waals surface area contributed by atoms with Crippen molar-refractivity contribution in [3.05, 3.63) is 42.0 Å². The van der Waals surface area contributed by atoms with Crippen LogP contribution in [0.2, 0.25) is 0 Å². The fourth-order valence-corrected chi connectivity index (χ4v) is 3.45. The molecule has 0 aromatic heterocycles. The fraction of sp³-hybridized carbons (Fsp3) is 0.312. The summed E-state index contributed by atoms with van der Waals surface area (Å²) in [7, 11) is 1.28. The molecule has 22 heavy (non-hydrogen) atoms. The minimum atomic E-state index is -0.508. The Hall–Kier alpha value is -2.47. The van der Waals surface area contributed by atoms with Gasteiger partial charge in [0.25, 0.3) is 0 Å². The summed E-state index contributed by atoms with van der Waals surface area (Å²) in [5.74, 6) is -1.96. The lowest BCUT2D eigenvalue weighted by molar-refractivity contribution is -0.124. The topological polar surface area (TPSA) is 72.9 Å². The predicted molar refractivity (Wildman–Crippen MR) is 75.1 cm³/mol. The van der Waals surface area contributed by atoms with Gasteiger partial charge in [0.2, 0.25) is 11.8 Å². The van der Waals surface area contributed by atoms with Gasteiger partial charge < -0.3 is 9.47 Å². The van der Waals surface area contributed by atoms with Crippen LogP contribution in [-0.4, -0.2) is 37.1 Å². The first-order chi connectivity index (χ1) is 10.6. The summed E-state index contributed by atoms with van der Waals surface area (Å²) in [6.07, 6.45) is 3.04. The molecule has 0 aliphatic carbocycles. The molecule has 2 amide bonds. The third kappa shape index (κ3) is 1.61. The van der Waals surface area contributed by atoms with E-state index < -0.39 is 17.8 Å². The second-order valence-electron chi connectivity index (χ2n) is 5.56. The van der Waals surface area contributed by atoms with Crippen LogP contribution >= 0.6 is 0 Å². The summed E-state index contributed by atoms with van der Waals surface area (Å²) in [6, 6.07) is 6.34. The molecule has 0 spiro atoms. The molecule has 4 unspecified atom stereocenters. The van der Waals surface area contributed by atoms with Crippen LogP contribution in [0.15, 0.2) is 36.4 Å². The third-order valence-corrected chi connectivity index (χ3v) is 4.44. The van der Waals surface area contributed by atoms with E-state index in [9.17, 15) is 14.4 Å². The number of methoxy groups -OCH3 is 1. The van der Waals surface area contributed by atoms with E-state index in [1.807, 2.05) is 12.2 Å². The maximum absolute atomic E-state index is 12.6. The lowest BCUT2D eigenvalue weighted by atomic mass is 9.85. The molecule has 0 N–H and O–H groups in total. The van der Waals surface area contributed by atoms with E-state index in [-0.39, 0.29) is 24.0 Å². The molecule has 2 saturated heterocycles. The zero-order chi connectivity index (χ0) is 15.4. The molecule has 0 saturated carbocycles. The summed E-state index contributed by atoms with van der Waals surface area (Å²) in [5.41, 5.74) is 0.696. The standard InChI is InChI=1S/C16H13NO5/c1-21-16(20)8-3-2-4-9(7-8)17-14(18)12-10-5-6-11(22-10)13(12)15(17)19/h2-7,10-13H,1H3. The van der Waals surface area contributed by atoms with Crippen molar-refractivity contribution in [3.8, 4) is 0 Å². The highest BCUT2D eigenvalue weighted by molar-refractivity contribution is 6.23. The van der Waals surface area contributed by atoms with Gasteiger partial charge in [0, 0.05) is 0 Å². The summed E-state index contributed by atoms with van der Waals surface area (Å²) >= 11 is 0. The van der Waals surface area contributed by atoms with Gasteiger partial charge in [-0.2, -0.15) is 0 Å². The van der Waals surface area contributed by atoms with Crippen LogP contribution in [0.3, 0.4) is 0 Å². The van der Waals surface area contributed by atoms with E-state index in [0.717, 1.165) is 4.90 Å².